The molecule has 0 spiro atoms. The van der Waals surface area contributed by atoms with E-state index in [1.165, 1.54) is 16.8 Å². The lowest BCUT2D eigenvalue weighted by Crippen LogP contribution is -2.30. The number of hydrogen-bond donors (Lipinski definition) is 1. The van der Waals surface area contributed by atoms with Gasteiger partial charge in [-0.05, 0) is 43.7 Å². The minimum Gasteiger partial charge on any atom is -0.460 e. The largest absolute Gasteiger partial charge is 0.460 e. The van der Waals surface area contributed by atoms with Gasteiger partial charge in [-0.15, -0.1) is 0 Å². The number of rotatable bonds is 5. The maximum atomic E-state index is 12.5. The van der Waals surface area contributed by atoms with Gasteiger partial charge in [-0.25, -0.2) is 5.43 Å². The van der Waals surface area contributed by atoms with Crippen LogP contribution in [-0.2, 0) is 6.54 Å². The highest BCUT2D eigenvalue weighted by Crippen LogP contribution is 2.05. The Labute approximate surface area is 150 Å². The first-order chi connectivity index (χ1) is 12.5. The van der Waals surface area contributed by atoms with Gasteiger partial charge in [0.2, 0.25) is 0 Å². The molecule has 2 heterocycles. The number of pyridine rings is 1. The van der Waals surface area contributed by atoms with E-state index in [2.05, 4.69) is 10.5 Å². The van der Waals surface area contributed by atoms with Gasteiger partial charge >= 0.3 is 0 Å². The highest BCUT2D eigenvalue weighted by atomic mass is 16.3. The molecule has 26 heavy (non-hydrogen) atoms. The molecule has 6 heteroatoms. The van der Waals surface area contributed by atoms with Crippen molar-refractivity contribution in [3.63, 3.8) is 0 Å². The quantitative estimate of drug-likeness (QED) is 0.568. The number of amides is 1. The number of carbonyl (C=O) groups is 1. The standard InChI is InChI=1S/C20H19N3O3/c1-14-5-8-16(9-6-14)13-23-11-3-4-18(20(23)25)19(24)22-21-12-17-10-7-15(2)26-17/h3-12H,13H2,1-2H3,(H,22,24)/b21-12-. The first-order valence-corrected chi connectivity index (χ1v) is 8.18. The van der Waals surface area contributed by atoms with E-state index in [-0.39, 0.29) is 11.1 Å². The van der Waals surface area contributed by atoms with Gasteiger partial charge < -0.3 is 8.98 Å². The van der Waals surface area contributed by atoms with E-state index in [9.17, 15) is 9.59 Å². The number of carbonyl (C=O) groups excluding carboxylic acids is 1. The van der Waals surface area contributed by atoms with Crippen LogP contribution in [0.3, 0.4) is 0 Å². The van der Waals surface area contributed by atoms with E-state index in [4.69, 9.17) is 4.42 Å². The van der Waals surface area contributed by atoms with Gasteiger partial charge in [-0.3, -0.25) is 9.59 Å². The van der Waals surface area contributed by atoms with E-state index in [1.54, 1.807) is 24.4 Å². The predicted molar refractivity (Wildman–Crippen MR) is 99.5 cm³/mol. The Balaban J connectivity index is 1.73. The summed E-state index contributed by atoms with van der Waals surface area (Å²) in [7, 11) is 0. The number of hydrazone groups is 1. The third-order valence-electron chi connectivity index (χ3n) is 3.86. The molecule has 0 aliphatic heterocycles. The Bertz CT molecular complexity index is 998. The van der Waals surface area contributed by atoms with Gasteiger partial charge in [0, 0.05) is 6.20 Å². The molecular weight excluding hydrogens is 330 g/mol. The van der Waals surface area contributed by atoms with Crippen molar-refractivity contribution in [2.75, 3.05) is 0 Å². The fraction of sp³-hybridized carbons (Fsp3) is 0.150. The van der Waals surface area contributed by atoms with Crippen molar-refractivity contribution in [3.05, 3.63) is 93.3 Å². The topological polar surface area (TPSA) is 76.6 Å². The summed E-state index contributed by atoms with van der Waals surface area (Å²) < 4.78 is 6.82. The molecule has 0 unspecified atom stereocenters. The van der Waals surface area contributed by atoms with Gasteiger partial charge in [0.1, 0.15) is 17.1 Å². The SMILES string of the molecule is Cc1ccc(Cn2cccc(C(=O)N/N=C\c3ccc(C)o3)c2=O)cc1. The molecule has 3 rings (SSSR count). The summed E-state index contributed by atoms with van der Waals surface area (Å²) >= 11 is 0. The zero-order chi connectivity index (χ0) is 18.5. The summed E-state index contributed by atoms with van der Waals surface area (Å²) in [6, 6.07) is 14.6. The van der Waals surface area contributed by atoms with Crippen LogP contribution in [0.5, 0.6) is 0 Å². The summed E-state index contributed by atoms with van der Waals surface area (Å²) in [5.74, 6) is 0.709. The summed E-state index contributed by atoms with van der Waals surface area (Å²) in [5, 5.41) is 3.83. The van der Waals surface area contributed by atoms with Gasteiger partial charge in [0.15, 0.2) is 0 Å². The number of nitrogens with one attached hydrogen (secondary N) is 1. The monoisotopic (exact) mass is 349 g/mol. The van der Waals surface area contributed by atoms with E-state index >= 15 is 0 Å². The fourth-order valence-electron chi connectivity index (χ4n) is 2.46. The molecule has 6 nitrogen and oxygen atoms in total. The molecule has 1 N–H and O–H groups in total. The van der Waals surface area contributed by atoms with Gasteiger partial charge in [0.05, 0.1) is 12.8 Å². The third kappa shape index (κ3) is 4.16. The van der Waals surface area contributed by atoms with Crippen LogP contribution in [0, 0.1) is 13.8 Å². The van der Waals surface area contributed by atoms with Crippen LogP contribution in [0.15, 0.2) is 69.0 Å². The van der Waals surface area contributed by atoms with Crippen LogP contribution in [-0.4, -0.2) is 16.7 Å². The second-order valence-corrected chi connectivity index (χ2v) is 5.99. The van der Waals surface area contributed by atoms with Crippen molar-refractivity contribution in [2.24, 2.45) is 5.10 Å². The number of hydrogen-bond acceptors (Lipinski definition) is 4. The lowest BCUT2D eigenvalue weighted by Gasteiger charge is -2.08. The van der Waals surface area contributed by atoms with Crippen LogP contribution >= 0.6 is 0 Å². The minimum atomic E-state index is -0.562. The van der Waals surface area contributed by atoms with Crippen molar-refractivity contribution >= 4 is 12.1 Å². The zero-order valence-electron chi connectivity index (χ0n) is 14.6. The first-order valence-electron chi connectivity index (χ1n) is 8.18. The van der Waals surface area contributed by atoms with Crippen molar-refractivity contribution in [1.82, 2.24) is 9.99 Å². The molecule has 0 bridgehead atoms. The zero-order valence-corrected chi connectivity index (χ0v) is 14.6. The Morgan fingerprint density at radius 3 is 2.62 bits per heavy atom. The summed E-state index contributed by atoms with van der Waals surface area (Å²) in [6.45, 7) is 4.22. The Morgan fingerprint density at radius 2 is 1.92 bits per heavy atom. The lowest BCUT2D eigenvalue weighted by molar-refractivity contribution is 0.0953. The molecule has 0 radical (unpaired) electrons. The van der Waals surface area contributed by atoms with Crippen LogP contribution in [0.4, 0.5) is 0 Å². The highest BCUT2D eigenvalue weighted by Gasteiger charge is 2.11. The second kappa shape index (κ2) is 7.65. The Kier molecular flexibility index (Phi) is 5.12. The van der Waals surface area contributed by atoms with Crippen molar-refractivity contribution in [2.45, 2.75) is 20.4 Å². The molecular formula is C20H19N3O3. The average molecular weight is 349 g/mol. The normalized spacial score (nSPS) is 11.0. The molecule has 0 atom stereocenters. The summed E-state index contributed by atoms with van der Waals surface area (Å²) in [5.41, 5.74) is 4.16. The van der Waals surface area contributed by atoms with E-state index in [0.29, 0.717) is 12.3 Å². The molecule has 1 amide bonds. The third-order valence-corrected chi connectivity index (χ3v) is 3.86. The first kappa shape index (κ1) is 17.4. The minimum absolute atomic E-state index is 0.0346. The average Bonchev–Trinajstić information content (AvgIpc) is 3.04. The smallest absolute Gasteiger partial charge is 0.276 e. The van der Waals surface area contributed by atoms with Crippen molar-refractivity contribution < 1.29 is 9.21 Å². The Morgan fingerprint density at radius 1 is 1.15 bits per heavy atom. The van der Waals surface area contributed by atoms with Crippen molar-refractivity contribution in [1.29, 1.82) is 0 Å². The molecule has 0 saturated carbocycles. The van der Waals surface area contributed by atoms with E-state index < -0.39 is 5.91 Å². The molecule has 3 aromatic rings. The van der Waals surface area contributed by atoms with E-state index in [1.807, 2.05) is 38.1 Å². The number of aromatic nitrogens is 1. The highest BCUT2D eigenvalue weighted by molar-refractivity contribution is 5.94. The second-order valence-electron chi connectivity index (χ2n) is 5.99. The molecule has 1 aromatic carbocycles. The lowest BCUT2D eigenvalue weighted by atomic mass is 10.1. The van der Waals surface area contributed by atoms with Crippen molar-refractivity contribution in [3.8, 4) is 0 Å². The Hall–Kier alpha value is -3.41. The van der Waals surface area contributed by atoms with Crippen LogP contribution in [0.1, 0.15) is 33.0 Å². The fourth-order valence-corrected chi connectivity index (χ4v) is 2.46. The molecule has 0 saturated heterocycles. The number of furan rings is 1. The van der Waals surface area contributed by atoms with Gasteiger partial charge in [-0.1, -0.05) is 29.8 Å². The van der Waals surface area contributed by atoms with Gasteiger partial charge in [-0.2, -0.15) is 5.10 Å². The van der Waals surface area contributed by atoms with Crippen LogP contribution < -0.4 is 11.0 Å². The summed E-state index contributed by atoms with van der Waals surface area (Å²) in [4.78, 5) is 24.8. The molecule has 0 fully saturated rings. The summed E-state index contributed by atoms with van der Waals surface area (Å²) in [6.07, 6.45) is 3.05. The van der Waals surface area contributed by atoms with Gasteiger partial charge in [0.25, 0.3) is 11.5 Å². The maximum Gasteiger partial charge on any atom is 0.276 e. The number of benzene rings is 1. The molecule has 0 aliphatic rings. The number of nitrogens with zero attached hydrogens (tertiary/aromatic N) is 2. The van der Waals surface area contributed by atoms with Crippen LogP contribution in [0.2, 0.25) is 0 Å². The van der Waals surface area contributed by atoms with E-state index in [0.717, 1.165) is 16.9 Å². The molecule has 132 valence electrons. The maximum absolute atomic E-state index is 12.5. The van der Waals surface area contributed by atoms with Crippen LogP contribution in [0.25, 0.3) is 0 Å². The molecule has 2 aromatic heterocycles. The molecule has 0 aliphatic carbocycles. The predicted octanol–water partition coefficient (Wildman–Crippen LogP) is 2.87. The number of aryl methyl sites for hydroxylation is 2.